The predicted octanol–water partition coefficient (Wildman–Crippen LogP) is 2.07. The number of likely N-dealkylation sites (N-methyl/N-ethyl adjacent to an activating group) is 1. The van der Waals surface area contributed by atoms with Gasteiger partial charge in [-0.1, -0.05) is 18.2 Å². The van der Waals surface area contributed by atoms with Crippen molar-refractivity contribution >= 4 is 17.7 Å². The Morgan fingerprint density at radius 3 is 3.00 bits per heavy atom. The first-order valence-electron chi connectivity index (χ1n) is 6.93. The molecule has 2 rings (SSSR count). The average Bonchev–Trinajstić information content (AvgIpc) is 2.96. The van der Waals surface area contributed by atoms with Gasteiger partial charge in [0, 0.05) is 17.4 Å². The minimum absolute atomic E-state index is 0.0687. The average molecular weight is 278 g/mol. The zero-order valence-electron chi connectivity index (χ0n) is 11.4. The largest absolute Gasteiger partial charge is 0.351 e. The molecule has 1 aliphatic rings. The van der Waals surface area contributed by atoms with Gasteiger partial charge < -0.3 is 10.6 Å². The van der Waals surface area contributed by atoms with Crippen LogP contribution < -0.4 is 10.6 Å². The van der Waals surface area contributed by atoms with Crippen LogP contribution >= 0.6 is 11.8 Å². The van der Waals surface area contributed by atoms with Crippen molar-refractivity contribution in [2.45, 2.75) is 24.5 Å². The number of carbonyl (C=O) groups is 1. The highest BCUT2D eigenvalue weighted by atomic mass is 32.2. The van der Waals surface area contributed by atoms with Crippen molar-refractivity contribution in [2.75, 3.05) is 25.9 Å². The van der Waals surface area contributed by atoms with E-state index in [-0.39, 0.29) is 5.91 Å². The Kier molecular flexibility index (Phi) is 5.73. The van der Waals surface area contributed by atoms with Crippen molar-refractivity contribution in [1.29, 1.82) is 0 Å². The molecule has 19 heavy (non-hydrogen) atoms. The van der Waals surface area contributed by atoms with Crippen LogP contribution in [0.15, 0.2) is 24.3 Å². The Labute approximate surface area is 119 Å². The van der Waals surface area contributed by atoms with Gasteiger partial charge in [-0.25, -0.2) is 0 Å². The van der Waals surface area contributed by atoms with Crippen LogP contribution in [0.4, 0.5) is 0 Å². The predicted molar refractivity (Wildman–Crippen MR) is 81.9 cm³/mol. The number of nitrogens with one attached hydrogen (secondary N) is 2. The molecule has 0 bridgehead atoms. The molecule has 0 radical (unpaired) electrons. The summed E-state index contributed by atoms with van der Waals surface area (Å²) in [6.45, 7) is 1.69. The van der Waals surface area contributed by atoms with E-state index in [1.165, 1.54) is 18.6 Å². The lowest BCUT2D eigenvalue weighted by molar-refractivity contribution is 0.0952. The van der Waals surface area contributed by atoms with E-state index in [0.29, 0.717) is 5.25 Å². The summed E-state index contributed by atoms with van der Waals surface area (Å²) in [4.78, 5) is 12.2. The summed E-state index contributed by atoms with van der Waals surface area (Å²) in [5.41, 5.74) is 1.94. The topological polar surface area (TPSA) is 41.1 Å². The molecule has 104 valence electrons. The first kappa shape index (κ1) is 14.4. The quantitative estimate of drug-likeness (QED) is 0.837. The van der Waals surface area contributed by atoms with E-state index in [1.807, 2.05) is 43.1 Å². The lowest BCUT2D eigenvalue weighted by Crippen LogP contribution is -2.30. The minimum atomic E-state index is 0.0687. The third-order valence-corrected chi connectivity index (χ3v) is 4.82. The van der Waals surface area contributed by atoms with Crippen LogP contribution in [0.2, 0.25) is 0 Å². The Balaban J connectivity index is 1.93. The Morgan fingerprint density at radius 1 is 1.42 bits per heavy atom. The van der Waals surface area contributed by atoms with Gasteiger partial charge in [0.2, 0.25) is 0 Å². The first-order valence-corrected chi connectivity index (χ1v) is 7.98. The lowest BCUT2D eigenvalue weighted by Gasteiger charge is -2.12. The maximum atomic E-state index is 12.2. The summed E-state index contributed by atoms with van der Waals surface area (Å²) in [7, 11) is 1.93. The molecule has 1 aromatic carbocycles. The normalized spacial score (nSPS) is 18.5. The summed E-state index contributed by atoms with van der Waals surface area (Å²) in [6, 6.07) is 7.88. The molecule has 0 aliphatic carbocycles. The highest BCUT2D eigenvalue weighted by Gasteiger charge is 2.17. The van der Waals surface area contributed by atoms with Crippen molar-refractivity contribution in [3.63, 3.8) is 0 Å². The standard InChI is InChI=1S/C15H22N2OS/c1-16-9-8-12-5-2-3-7-14(12)15(18)17-11-13-6-4-10-19-13/h2-3,5,7,13,16H,4,6,8-11H2,1H3,(H,17,18). The van der Waals surface area contributed by atoms with Crippen LogP contribution in [-0.2, 0) is 6.42 Å². The van der Waals surface area contributed by atoms with Gasteiger partial charge in [0.15, 0.2) is 0 Å². The van der Waals surface area contributed by atoms with E-state index in [9.17, 15) is 4.79 Å². The Hall–Kier alpha value is -1.00. The number of amides is 1. The molecule has 3 nitrogen and oxygen atoms in total. The fourth-order valence-corrected chi connectivity index (χ4v) is 3.53. The summed E-state index contributed by atoms with van der Waals surface area (Å²) in [6.07, 6.45) is 3.40. The second-order valence-corrected chi connectivity index (χ2v) is 6.26. The van der Waals surface area contributed by atoms with Crippen LogP contribution in [0.1, 0.15) is 28.8 Å². The van der Waals surface area contributed by atoms with Gasteiger partial charge in [0.05, 0.1) is 0 Å². The fourth-order valence-electron chi connectivity index (χ4n) is 2.33. The van der Waals surface area contributed by atoms with E-state index in [1.54, 1.807) is 0 Å². The van der Waals surface area contributed by atoms with Gasteiger partial charge in [0.1, 0.15) is 0 Å². The second-order valence-electron chi connectivity index (χ2n) is 4.86. The number of hydrogen-bond acceptors (Lipinski definition) is 3. The van der Waals surface area contributed by atoms with Crippen LogP contribution in [0.5, 0.6) is 0 Å². The maximum Gasteiger partial charge on any atom is 0.251 e. The number of benzene rings is 1. The van der Waals surface area contributed by atoms with Gasteiger partial charge in [0.25, 0.3) is 5.91 Å². The number of carbonyl (C=O) groups excluding carboxylic acids is 1. The van der Waals surface area contributed by atoms with Crippen molar-refractivity contribution in [3.05, 3.63) is 35.4 Å². The molecule has 1 saturated heterocycles. The molecule has 1 unspecified atom stereocenters. The summed E-state index contributed by atoms with van der Waals surface area (Å²) < 4.78 is 0. The van der Waals surface area contributed by atoms with Crippen LogP contribution in [0.25, 0.3) is 0 Å². The second kappa shape index (κ2) is 7.56. The molecule has 0 aromatic heterocycles. The highest BCUT2D eigenvalue weighted by Crippen LogP contribution is 2.25. The highest BCUT2D eigenvalue weighted by molar-refractivity contribution is 8.00. The molecule has 1 aromatic rings. The van der Waals surface area contributed by atoms with Gasteiger partial charge in [-0.05, 0) is 50.2 Å². The Bertz CT molecular complexity index is 416. The molecule has 1 heterocycles. The van der Waals surface area contributed by atoms with E-state index >= 15 is 0 Å². The number of thioether (sulfide) groups is 1. The number of hydrogen-bond donors (Lipinski definition) is 2. The molecule has 4 heteroatoms. The zero-order valence-corrected chi connectivity index (χ0v) is 12.3. The summed E-state index contributed by atoms with van der Waals surface area (Å²) >= 11 is 1.97. The Morgan fingerprint density at radius 2 is 2.26 bits per heavy atom. The lowest BCUT2D eigenvalue weighted by atomic mass is 10.0. The van der Waals surface area contributed by atoms with E-state index < -0.39 is 0 Å². The van der Waals surface area contributed by atoms with Gasteiger partial charge >= 0.3 is 0 Å². The van der Waals surface area contributed by atoms with Crippen LogP contribution in [-0.4, -0.2) is 37.0 Å². The van der Waals surface area contributed by atoms with Crippen LogP contribution in [0, 0.1) is 0 Å². The van der Waals surface area contributed by atoms with Crippen molar-refractivity contribution in [2.24, 2.45) is 0 Å². The van der Waals surface area contributed by atoms with E-state index in [4.69, 9.17) is 0 Å². The fraction of sp³-hybridized carbons (Fsp3) is 0.533. The molecular formula is C15H22N2OS. The maximum absolute atomic E-state index is 12.2. The summed E-state index contributed by atoms with van der Waals surface area (Å²) in [5, 5.41) is 6.81. The SMILES string of the molecule is CNCCc1ccccc1C(=O)NCC1CCCS1. The minimum Gasteiger partial charge on any atom is -0.351 e. The smallest absolute Gasteiger partial charge is 0.251 e. The van der Waals surface area contributed by atoms with Crippen LogP contribution in [0.3, 0.4) is 0 Å². The van der Waals surface area contributed by atoms with Gasteiger partial charge in [-0.2, -0.15) is 11.8 Å². The molecule has 1 atom stereocenters. The molecule has 1 fully saturated rings. The molecule has 1 amide bonds. The third kappa shape index (κ3) is 4.25. The molecule has 0 saturated carbocycles. The van der Waals surface area contributed by atoms with Crippen molar-refractivity contribution < 1.29 is 4.79 Å². The monoisotopic (exact) mass is 278 g/mol. The molecular weight excluding hydrogens is 256 g/mol. The first-order chi connectivity index (χ1) is 9.31. The van der Waals surface area contributed by atoms with E-state index in [0.717, 1.165) is 30.6 Å². The van der Waals surface area contributed by atoms with Gasteiger partial charge in [-0.15, -0.1) is 0 Å². The van der Waals surface area contributed by atoms with Gasteiger partial charge in [-0.3, -0.25) is 4.79 Å². The summed E-state index contributed by atoms with van der Waals surface area (Å²) in [5.74, 6) is 1.30. The molecule has 2 N–H and O–H groups in total. The van der Waals surface area contributed by atoms with Crippen molar-refractivity contribution in [1.82, 2.24) is 10.6 Å². The molecule has 1 aliphatic heterocycles. The zero-order chi connectivity index (χ0) is 13.5. The third-order valence-electron chi connectivity index (χ3n) is 3.42. The van der Waals surface area contributed by atoms with E-state index in [2.05, 4.69) is 10.6 Å². The van der Waals surface area contributed by atoms with Crippen molar-refractivity contribution in [3.8, 4) is 0 Å². The molecule has 0 spiro atoms. The number of rotatable bonds is 6.